The highest BCUT2D eigenvalue weighted by molar-refractivity contribution is 6.39. The van der Waals surface area contributed by atoms with Crippen LogP contribution in [-0.4, -0.2) is 28.6 Å². The maximum Gasteiger partial charge on any atom is 0.269 e. The van der Waals surface area contributed by atoms with Gasteiger partial charge in [-0.05, 0) is 24.6 Å². The summed E-state index contributed by atoms with van der Waals surface area (Å²) in [6, 6.07) is 4.92. The summed E-state index contributed by atoms with van der Waals surface area (Å²) in [5.74, 6) is -0.335. The van der Waals surface area contributed by atoms with E-state index in [9.17, 15) is 4.79 Å². The number of halogens is 2. The molecule has 0 saturated heterocycles. The van der Waals surface area contributed by atoms with Gasteiger partial charge in [-0.3, -0.25) is 4.79 Å². The van der Waals surface area contributed by atoms with Crippen LogP contribution in [-0.2, 0) is 0 Å². The van der Waals surface area contributed by atoms with Crippen molar-refractivity contribution in [3.05, 3.63) is 33.9 Å². The van der Waals surface area contributed by atoms with Crippen LogP contribution in [0.3, 0.4) is 0 Å². The SMILES string of the molecule is CCC(CO)NC(=O)c1[nH]c2ccc(Cl)cc2c1Cl. The Hall–Kier alpha value is -1.23. The van der Waals surface area contributed by atoms with Crippen molar-refractivity contribution in [3.8, 4) is 0 Å². The van der Waals surface area contributed by atoms with E-state index in [4.69, 9.17) is 28.3 Å². The van der Waals surface area contributed by atoms with Crippen LogP contribution in [0.15, 0.2) is 18.2 Å². The molecule has 0 aliphatic rings. The summed E-state index contributed by atoms with van der Waals surface area (Å²) in [6.45, 7) is 1.78. The third-order valence-corrected chi connectivity index (χ3v) is 3.60. The maximum atomic E-state index is 12.1. The van der Waals surface area contributed by atoms with E-state index in [-0.39, 0.29) is 24.2 Å². The van der Waals surface area contributed by atoms with Gasteiger partial charge in [0.15, 0.2) is 0 Å². The molecule has 2 rings (SSSR count). The molecule has 19 heavy (non-hydrogen) atoms. The highest BCUT2D eigenvalue weighted by Crippen LogP contribution is 2.29. The molecule has 0 saturated carbocycles. The molecule has 1 atom stereocenters. The molecule has 4 nitrogen and oxygen atoms in total. The van der Waals surface area contributed by atoms with E-state index in [0.717, 1.165) is 5.52 Å². The first kappa shape index (κ1) is 14.2. The van der Waals surface area contributed by atoms with E-state index >= 15 is 0 Å². The van der Waals surface area contributed by atoms with Gasteiger partial charge >= 0.3 is 0 Å². The van der Waals surface area contributed by atoms with Gasteiger partial charge in [0, 0.05) is 15.9 Å². The molecule has 102 valence electrons. The first-order valence-electron chi connectivity index (χ1n) is 5.95. The molecule has 0 aliphatic heterocycles. The van der Waals surface area contributed by atoms with Gasteiger partial charge in [-0.15, -0.1) is 0 Å². The molecular formula is C13H14Cl2N2O2. The predicted octanol–water partition coefficient (Wildman–Crippen LogP) is 2.98. The molecule has 1 unspecified atom stereocenters. The molecule has 1 aromatic carbocycles. The van der Waals surface area contributed by atoms with Crippen LogP contribution in [0.5, 0.6) is 0 Å². The summed E-state index contributed by atoms with van der Waals surface area (Å²) >= 11 is 12.1. The average Bonchev–Trinajstić information content (AvgIpc) is 2.73. The summed E-state index contributed by atoms with van der Waals surface area (Å²) in [4.78, 5) is 15.0. The van der Waals surface area contributed by atoms with Gasteiger partial charge in [0.25, 0.3) is 5.91 Å². The second-order valence-corrected chi connectivity index (χ2v) is 5.08. The van der Waals surface area contributed by atoms with E-state index in [1.54, 1.807) is 18.2 Å². The number of rotatable bonds is 4. The van der Waals surface area contributed by atoms with E-state index in [1.807, 2.05) is 6.92 Å². The van der Waals surface area contributed by atoms with Crippen molar-refractivity contribution >= 4 is 40.0 Å². The Morgan fingerprint density at radius 1 is 1.47 bits per heavy atom. The number of aliphatic hydroxyl groups excluding tert-OH is 1. The normalized spacial score (nSPS) is 12.6. The Morgan fingerprint density at radius 3 is 2.84 bits per heavy atom. The molecule has 0 bridgehead atoms. The van der Waals surface area contributed by atoms with Crippen LogP contribution in [0.2, 0.25) is 10.0 Å². The fourth-order valence-corrected chi connectivity index (χ4v) is 2.28. The molecule has 1 heterocycles. The van der Waals surface area contributed by atoms with Crippen molar-refractivity contribution < 1.29 is 9.90 Å². The van der Waals surface area contributed by atoms with Crippen LogP contribution in [0.25, 0.3) is 10.9 Å². The van der Waals surface area contributed by atoms with E-state index < -0.39 is 0 Å². The van der Waals surface area contributed by atoms with Crippen molar-refractivity contribution in [2.24, 2.45) is 0 Å². The number of aliphatic hydroxyl groups is 1. The van der Waals surface area contributed by atoms with Crippen molar-refractivity contribution in [3.63, 3.8) is 0 Å². The van der Waals surface area contributed by atoms with Gasteiger partial charge < -0.3 is 15.4 Å². The van der Waals surface area contributed by atoms with Crippen LogP contribution in [0, 0.1) is 0 Å². The molecule has 3 N–H and O–H groups in total. The molecule has 1 aromatic heterocycles. The fourth-order valence-electron chi connectivity index (χ4n) is 1.82. The number of aromatic amines is 1. The van der Waals surface area contributed by atoms with Gasteiger partial charge in [0.1, 0.15) is 5.69 Å². The summed E-state index contributed by atoms with van der Waals surface area (Å²) in [5.41, 5.74) is 1.03. The van der Waals surface area contributed by atoms with Crippen molar-refractivity contribution in [2.75, 3.05) is 6.61 Å². The second kappa shape index (κ2) is 5.82. The van der Waals surface area contributed by atoms with Crippen LogP contribution >= 0.6 is 23.2 Å². The minimum atomic E-state index is -0.335. The zero-order valence-electron chi connectivity index (χ0n) is 10.3. The standard InChI is InChI=1S/C13H14Cl2N2O2/c1-2-8(6-18)16-13(19)12-11(15)9-5-7(14)3-4-10(9)17-12/h3-5,8,17-18H,2,6H2,1H3,(H,16,19). The number of nitrogens with one attached hydrogen (secondary N) is 2. The summed E-state index contributed by atoms with van der Waals surface area (Å²) in [7, 11) is 0. The van der Waals surface area contributed by atoms with Gasteiger partial charge in [0.05, 0.1) is 17.7 Å². The van der Waals surface area contributed by atoms with E-state index in [0.29, 0.717) is 21.9 Å². The average molecular weight is 301 g/mol. The van der Waals surface area contributed by atoms with Crippen LogP contribution in [0.4, 0.5) is 0 Å². The number of benzene rings is 1. The summed E-state index contributed by atoms with van der Waals surface area (Å²) in [5, 5.41) is 13.4. The summed E-state index contributed by atoms with van der Waals surface area (Å²) in [6.07, 6.45) is 0.645. The monoisotopic (exact) mass is 300 g/mol. The molecule has 1 amide bonds. The number of hydrogen-bond donors (Lipinski definition) is 3. The molecule has 0 spiro atoms. The zero-order chi connectivity index (χ0) is 14.0. The highest BCUT2D eigenvalue weighted by atomic mass is 35.5. The number of fused-ring (bicyclic) bond motifs is 1. The summed E-state index contributed by atoms with van der Waals surface area (Å²) < 4.78 is 0. The van der Waals surface area contributed by atoms with Crippen molar-refractivity contribution in [1.82, 2.24) is 10.3 Å². The predicted molar refractivity (Wildman–Crippen MR) is 76.9 cm³/mol. The fraction of sp³-hybridized carbons (Fsp3) is 0.308. The maximum absolute atomic E-state index is 12.1. The Bertz CT molecular complexity index is 606. The molecule has 0 fully saturated rings. The third-order valence-electron chi connectivity index (χ3n) is 2.97. The third kappa shape index (κ3) is 2.86. The van der Waals surface area contributed by atoms with Gasteiger partial charge in [-0.2, -0.15) is 0 Å². The number of hydrogen-bond acceptors (Lipinski definition) is 2. The van der Waals surface area contributed by atoms with E-state index in [2.05, 4.69) is 10.3 Å². The van der Waals surface area contributed by atoms with Gasteiger partial charge in [-0.1, -0.05) is 30.1 Å². The Balaban J connectivity index is 2.35. The molecular weight excluding hydrogens is 287 g/mol. The smallest absolute Gasteiger partial charge is 0.269 e. The minimum absolute atomic E-state index is 0.105. The zero-order valence-corrected chi connectivity index (χ0v) is 11.8. The number of carbonyl (C=O) groups excluding carboxylic acids is 1. The minimum Gasteiger partial charge on any atom is -0.394 e. The Kier molecular flexibility index (Phi) is 4.34. The number of H-pyrrole nitrogens is 1. The second-order valence-electron chi connectivity index (χ2n) is 4.27. The van der Waals surface area contributed by atoms with E-state index in [1.165, 1.54) is 0 Å². The molecule has 2 aromatic rings. The van der Waals surface area contributed by atoms with Crippen molar-refractivity contribution in [1.29, 1.82) is 0 Å². The van der Waals surface area contributed by atoms with Crippen LogP contribution in [0.1, 0.15) is 23.8 Å². The lowest BCUT2D eigenvalue weighted by atomic mass is 10.2. The lowest BCUT2D eigenvalue weighted by Gasteiger charge is -2.13. The van der Waals surface area contributed by atoms with Gasteiger partial charge in [-0.25, -0.2) is 0 Å². The lowest BCUT2D eigenvalue weighted by Crippen LogP contribution is -2.37. The Labute approximate surface area is 120 Å². The quantitative estimate of drug-likeness (QED) is 0.813. The number of aromatic nitrogens is 1. The number of carbonyl (C=O) groups is 1. The first-order chi connectivity index (χ1) is 9.06. The van der Waals surface area contributed by atoms with Gasteiger partial charge in [0.2, 0.25) is 0 Å². The molecule has 6 heteroatoms. The molecule has 0 aliphatic carbocycles. The number of amides is 1. The lowest BCUT2D eigenvalue weighted by molar-refractivity contribution is 0.0911. The molecule has 0 radical (unpaired) electrons. The largest absolute Gasteiger partial charge is 0.394 e. The Morgan fingerprint density at radius 2 is 2.21 bits per heavy atom. The first-order valence-corrected chi connectivity index (χ1v) is 6.70. The topological polar surface area (TPSA) is 65.1 Å². The van der Waals surface area contributed by atoms with Crippen molar-refractivity contribution in [2.45, 2.75) is 19.4 Å². The van der Waals surface area contributed by atoms with Crippen LogP contribution < -0.4 is 5.32 Å². The highest BCUT2D eigenvalue weighted by Gasteiger charge is 2.18.